The molecule has 1 saturated heterocycles. The maximum atomic E-state index is 6.33. The molecule has 0 radical (unpaired) electrons. The van der Waals surface area contributed by atoms with Gasteiger partial charge in [-0.25, -0.2) is 4.68 Å². The predicted molar refractivity (Wildman–Crippen MR) is 143 cm³/mol. The summed E-state index contributed by atoms with van der Waals surface area (Å²) in [6.45, 7) is 4.61. The molecule has 0 saturated carbocycles. The van der Waals surface area contributed by atoms with Crippen LogP contribution in [-0.2, 0) is 6.67 Å². The standard InChI is InChI=1S/C25H24Cl2N6OS/c1-30-11-13-31(14-12-30)17-32-25(35)33(24(29-32)18-5-3-2-4-6-18)28-16-20-8-10-23(34-20)21-9-7-19(26)15-22(21)27/h2-10,15-16H,11-14,17H2,1H3. The molecule has 2 aromatic heterocycles. The van der Waals surface area contributed by atoms with E-state index in [1.54, 1.807) is 23.0 Å². The van der Waals surface area contributed by atoms with Crippen LogP contribution >= 0.6 is 35.4 Å². The molecule has 1 aliphatic heterocycles. The largest absolute Gasteiger partial charge is 0.455 e. The molecule has 35 heavy (non-hydrogen) atoms. The fraction of sp³-hybridized carbons (Fsp3) is 0.240. The van der Waals surface area contributed by atoms with Crippen molar-refractivity contribution in [3.8, 4) is 22.7 Å². The fourth-order valence-corrected chi connectivity index (χ4v) is 4.65. The Morgan fingerprint density at radius 2 is 1.80 bits per heavy atom. The quantitative estimate of drug-likeness (QED) is 0.237. The molecule has 7 nitrogen and oxygen atoms in total. The summed E-state index contributed by atoms with van der Waals surface area (Å²) in [4.78, 5) is 4.67. The maximum absolute atomic E-state index is 6.33. The molecule has 0 amide bonds. The van der Waals surface area contributed by atoms with E-state index in [2.05, 4.69) is 21.9 Å². The number of benzene rings is 2. The normalized spacial score (nSPS) is 15.3. The van der Waals surface area contributed by atoms with Gasteiger partial charge in [0.2, 0.25) is 4.77 Å². The van der Waals surface area contributed by atoms with Crippen LogP contribution in [0, 0.1) is 4.77 Å². The summed E-state index contributed by atoms with van der Waals surface area (Å²) in [6.07, 6.45) is 1.64. The Morgan fingerprint density at radius 1 is 1.03 bits per heavy atom. The Bertz CT molecular complexity index is 1400. The molecule has 5 rings (SSSR count). The fourth-order valence-electron chi connectivity index (χ4n) is 3.91. The number of aromatic nitrogens is 3. The van der Waals surface area contributed by atoms with E-state index < -0.39 is 0 Å². The van der Waals surface area contributed by atoms with Gasteiger partial charge in [-0.2, -0.15) is 9.78 Å². The van der Waals surface area contributed by atoms with Crippen molar-refractivity contribution in [3.63, 3.8) is 0 Å². The summed E-state index contributed by atoms with van der Waals surface area (Å²) in [6, 6.07) is 18.9. The summed E-state index contributed by atoms with van der Waals surface area (Å²) in [5.41, 5.74) is 1.69. The van der Waals surface area contributed by atoms with Crippen LogP contribution in [0.1, 0.15) is 5.76 Å². The van der Waals surface area contributed by atoms with Crippen molar-refractivity contribution in [3.05, 3.63) is 81.2 Å². The molecular formula is C25H24Cl2N6OS. The van der Waals surface area contributed by atoms with Crippen molar-refractivity contribution in [1.82, 2.24) is 24.3 Å². The summed E-state index contributed by atoms with van der Waals surface area (Å²) in [5.74, 6) is 1.87. The first kappa shape index (κ1) is 24.0. The third-order valence-corrected chi connectivity index (χ3v) is 6.84. The van der Waals surface area contributed by atoms with E-state index in [4.69, 9.17) is 44.9 Å². The topological polar surface area (TPSA) is 54.7 Å². The SMILES string of the molecule is CN1CCN(Cn2nc(-c3ccccc3)n(N=Cc3ccc(-c4ccc(Cl)cc4Cl)o3)c2=S)CC1. The molecule has 0 spiro atoms. The van der Waals surface area contributed by atoms with Gasteiger partial charge in [0.15, 0.2) is 5.82 Å². The molecule has 2 aromatic carbocycles. The van der Waals surface area contributed by atoms with Gasteiger partial charge in [0, 0.05) is 42.3 Å². The predicted octanol–water partition coefficient (Wildman–Crippen LogP) is 5.73. The van der Waals surface area contributed by atoms with Crippen LogP contribution in [0.25, 0.3) is 22.7 Å². The lowest BCUT2D eigenvalue weighted by atomic mass is 10.2. The van der Waals surface area contributed by atoms with E-state index >= 15 is 0 Å². The number of rotatable bonds is 6. The number of hydrogen-bond acceptors (Lipinski definition) is 6. The lowest BCUT2D eigenvalue weighted by molar-refractivity contribution is 0.119. The molecule has 1 fully saturated rings. The van der Waals surface area contributed by atoms with Crippen LogP contribution < -0.4 is 0 Å². The first-order valence-electron chi connectivity index (χ1n) is 11.2. The van der Waals surface area contributed by atoms with Gasteiger partial charge in [-0.3, -0.25) is 4.90 Å². The average molecular weight is 527 g/mol. The highest BCUT2D eigenvalue weighted by Gasteiger charge is 2.18. The summed E-state index contributed by atoms with van der Waals surface area (Å²) < 4.78 is 10.0. The minimum atomic E-state index is 0.520. The van der Waals surface area contributed by atoms with Gasteiger partial charge in [0.1, 0.15) is 11.5 Å². The Morgan fingerprint density at radius 3 is 2.54 bits per heavy atom. The van der Waals surface area contributed by atoms with Crippen molar-refractivity contribution in [2.45, 2.75) is 6.67 Å². The van der Waals surface area contributed by atoms with Gasteiger partial charge in [0.25, 0.3) is 0 Å². The first-order chi connectivity index (χ1) is 17.0. The Balaban J connectivity index is 1.45. The molecule has 0 unspecified atom stereocenters. The van der Waals surface area contributed by atoms with Crippen molar-refractivity contribution < 1.29 is 4.42 Å². The second-order valence-electron chi connectivity index (χ2n) is 8.42. The Labute approximate surface area is 218 Å². The van der Waals surface area contributed by atoms with E-state index in [9.17, 15) is 0 Å². The molecule has 180 valence electrons. The molecule has 1 aliphatic rings. The molecule has 0 N–H and O–H groups in total. The van der Waals surface area contributed by atoms with Crippen LogP contribution in [0.3, 0.4) is 0 Å². The summed E-state index contributed by atoms with van der Waals surface area (Å²) >= 11 is 18.1. The van der Waals surface area contributed by atoms with Crippen LogP contribution in [0.2, 0.25) is 10.0 Å². The van der Waals surface area contributed by atoms with Crippen LogP contribution in [0.4, 0.5) is 0 Å². The molecule has 0 bridgehead atoms. The average Bonchev–Trinajstić information content (AvgIpc) is 3.44. The summed E-state index contributed by atoms with van der Waals surface area (Å²) in [7, 11) is 2.14. The summed E-state index contributed by atoms with van der Waals surface area (Å²) in [5, 5.41) is 10.6. The van der Waals surface area contributed by atoms with Crippen LogP contribution in [0.15, 0.2) is 70.2 Å². The number of furan rings is 1. The number of likely N-dealkylation sites (N-methyl/N-ethyl adjacent to an activating group) is 1. The first-order valence-corrected chi connectivity index (χ1v) is 12.4. The minimum Gasteiger partial charge on any atom is -0.455 e. The number of halogens is 2. The maximum Gasteiger partial charge on any atom is 0.220 e. The van der Waals surface area contributed by atoms with Gasteiger partial charge in [0.05, 0.1) is 17.9 Å². The van der Waals surface area contributed by atoms with E-state index in [1.807, 2.05) is 53.2 Å². The molecular weight excluding hydrogens is 503 g/mol. The van der Waals surface area contributed by atoms with Gasteiger partial charge < -0.3 is 9.32 Å². The van der Waals surface area contributed by atoms with Gasteiger partial charge in [-0.05, 0) is 49.6 Å². The van der Waals surface area contributed by atoms with E-state index in [1.165, 1.54) is 0 Å². The Hall–Kier alpha value is -2.75. The lowest BCUT2D eigenvalue weighted by Crippen LogP contribution is -2.45. The highest BCUT2D eigenvalue weighted by atomic mass is 35.5. The van der Waals surface area contributed by atoms with Gasteiger partial charge in [-0.15, -0.1) is 5.10 Å². The second kappa shape index (κ2) is 10.5. The third kappa shape index (κ3) is 5.42. The molecule has 0 aliphatic carbocycles. The highest BCUT2D eigenvalue weighted by molar-refractivity contribution is 7.71. The Kier molecular flexibility index (Phi) is 7.17. The molecule has 10 heteroatoms. The molecule has 0 atom stereocenters. The third-order valence-electron chi connectivity index (χ3n) is 5.90. The second-order valence-corrected chi connectivity index (χ2v) is 9.63. The van der Waals surface area contributed by atoms with Crippen LogP contribution in [0.5, 0.6) is 0 Å². The minimum absolute atomic E-state index is 0.520. The molecule has 4 aromatic rings. The van der Waals surface area contributed by atoms with Gasteiger partial charge in [-0.1, -0.05) is 53.5 Å². The molecule has 3 heterocycles. The van der Waals surface area contributed by atoms with Crippen molar-refractivity contribution in [1.29, 1.82) is 0 Å². The van der Waals surface area contributed by atoms with Gasteiger partial charge >= 0.3 is 0 Å². The zero-order chi connectivity index (χ0) is 24.4. The number of piperazine rings is 1. The van der Waals surface area contributed by atoms with Crippen LogP contribution in [-0.4, -0.2) is 63.7 Å². The number of hydrogen-bond donors (Lipinski definition) is 0. The van der Waals surface area contributed by atoms with Crippen molar-refractivity contribution >= 4 is 41.6 Å². The monoisotopic (exact) mass is 526 g/mol. The van der Waals surface area contributed by atoms with E-state index in [0.717, 1.165) is 37.3 Å². The zero-order valence-corrected chi connectivity index (χ0v) is 21.5. The van der Waals surface area contributed by atoms with Crippen molar-refractivity contribution in [2.75, 3.05) is 33.2 Å². The highest BCUT2D eigenvalue weighted by Crippen LogP contribution is 2.31. The zero-order valence-electron chi connectivity index (χ0n) is 19.1. The lowest BCUT2D eigenvalue weighted by Gasteiger charge is -2.31. The number of nitrogens with zero attached hydrogens (tertiary/aromatic N) is 6. The van der Waals surface area contributed by atoms with E-state index in [0.29, 0.717) is 38.8 Å². The smallest absolute Gasteiger partial charge is 0.220 e. The van der Waals surface area contributed by atoms with Crippen molar-refractivity contribution in [2.24, 2.45) is 5.10 Å². The van der Waals surface area contributed by atoms with E-state index in [-0.39, 0.29) is 0 Å².